The second-order valence-electron chi connectivity index (χ2n) is 6.11. The third-order valence-corrected chi connectivity index (χ3v) is 3.51. The highest BCUT2D eigenvalue weighted by atomic mass is 15.2. The van der Waals surface area contributed by atoms with E-state index in [2.05, 4.69) is 30.7 Å². The van der Waals surface area contributed by atoms with Crippen LogP contribution in [0.15, 0.2) is 0 Å². The van der Waals surface area contributed by atoms with Gasteiger partial charge in [-0.05, 0) is 12.8 Å². The van der Waals surface area contributed by atoms with Crippen LogP contribution in [0, 0.1) is 0 Å². The molecule has 0 bridgehead atoms. The van der Waals surface area contributed by atoms with Crippen LogP contribution in [0.5, 0.6) is 0 Å². The smallest absolute Gasteiger partial charge is 0.114 e. The molecular weight excluding hydrogens is 198 g/mol. The lowest BCUT2D eigenvalue weighted by Crippen LogP contribution is -2.25. The lowest BCUT2D eigenvalue weighted by molar-refractivity contribution is 0.493. The molecule has 1 aliphatic heterocycles. The maximum atomic E-state index is 4.88. The van der Waals surface area contributed by atoms with E-state index in [0.717, 1.165) is 25.6 Å². The zero-order valence-electron chi connectivity index (χ0n) is 10.5. The molecule has 88 valence electrons. The van der Waals surface area contributed by atoms with Crippen molar-refractivity contribution in [3.8, 4) is 0 Å². The van der Waals surface area contributed by atoms with E-state index in [0.29, 0.717) is 0 Å². The van der Waals surface area contributed by atoms with Gasteiger partial charge in [0.1, 0.15) is 5.82 Å². The second-order valence-corrected chi connectivity index (χ2v) is 6.11. The van der Waals surface area contributed by atoms with Crippen molar-refractivity contribution in [2.45, 2.75) is 58.0 Å². The number of nitrogens with zero attached hydrogens (tertiary/aromatic N) is 2. The van der Waals surface area contributed by atoms with Gasteiger partial charge in [-0.2, -0.15) is 0 Å². The van der Waals surface area contributed by atoms with Crippen molar-refractivity contribution in [3.63, 3.8) is 0 Å². The lowest BCUT2D eigenvalue weighted by Gasteiger charge is -2.21. The fourth-order valence-corrected chi connectivity index (χ4v) is 2.59. The summed E-state index contributed by atoms with van der Waals surface area (Å²) in [5.41, 5.74) is 2.97. The molecule has 3 rings (SSSR count). The number of fused-ring (bicyclic) bond motifs is 1. The summed E-state index contributed by atoms with van der Waals surface area (Å²) < 4.78 is 2.55. The summed E-state index contributed by atoms with van der Waals surface area (Å²) in [6.45, 7) is 8.88. The first-order chi connectivity index (χ1) is 7.57. The Morgan fingerprint density at radius 3 is 2.69 bits per heavy atom. The average Bonchev–Trinajstić information content (AvgIpc) is 2.96. The summed E-state index contributed by atoms with van der Waals surface area (Å²) in [6, 6.07) is 0.753. The largest absolute Gasteiger partial charge is 0.328 e. The highest BCUT2D eigenvalue weighted by Gasteiger charge is 2.34. The van der Waals surface area contributed by atoms with Gasteiger partial charge in [-0.25, -0.2) is 4.98 Å². The molecule has 0 saturated heterocycles. The summed E-state index contributed by atoms with van der Waals surface area (Å²) in [4.78, 5) is 4.88. The van der Waals surface area contributed by atoms with E-state index in [1.54, 1.807) is 0 Å². The SMILES string of the molecule is CC(C)(C)c1nc2c(n1C1CC1)CCNC2. The number of aromatic nitrogens is 2. The van der Waals surface area contributed by atoms with Crippen molar-refractivity contribution in [1.29, 1.82) is 0 Å². The zero-order valence-corrected chi connectivity index (χ0v) is 10.5. The number of rotatable bonds is 1. The zero-order chi connectivity index (χ0) is 11.3. The predicted octanol–water partition coefficient (Wildman–Crippen LogP) is 2.16. The van der Waals surface area contributed by atoms with E-state index >= 15 is 0 Å². The molecule has 0 atom stereocenters. The predicted molar refractivity (Wildman–Crippen MR) is 64.6 cm³/mol. The number of hydrogen-bond acceptors (Lipinski definition) is 2. The quantitative estimate of drug-likeness (QED) is 0.784. The minimum Gasteiger partial charge on any atom is -0.328 e. The Kier molecular flexibility index (Phi) is 2.15. The lowest BCUT2D eigenvalue weighted by atomic mass is 9.95. The molecule has 0 unspecified atom stereocenters. The minimum atomic E-state index is 0.167. The van der Waals surface area contributed by atoms with Crippen molar-refractivity contribution in [2.75, 3.05) is 6.54 Å². The standard InChI is InChI=1S/C13H21N3/c1-13(2,3)12-15-10-8-14-7-6-11(10)16(12)9-4-5-9/h9,14H,4-8H2,1-3H3. The molecule has 1 aromatic rings. The Bertz CT molecular complexity index is 408. The van der Waals surface area contributed by atoms with Crippen molar-refractivity contribution in [3.05, 3.63) is 17.2 Å². The van der Waals surface area contributed by atoms with E-state index in [1.165, 1.54) is 30.1 Å². The third-order valence-electron chi connectivity index (χ3n) is 3.51. The van der Waals surface area contributed by atoms with E-state index in [9.17, 15) is 0 Å². The van der Waals surface area contributed by atoms with E-state index in [4.69, 9.17) is 4.98 Å². The molecule has 1 saturated carbocycles. The molecule has 1 fully saturated rings. The highest BCUT2D eigenvalue weighted by molar-refractivity contribution is 5.25. The Balaban J connectivity index is 2.13. The van der Waals surface area contributed by atoms with Crippen LogP contribution in [0.25, 0.3) is 0 Å². The molecule has 0 spiro atoms. The molecule has 3 heteroatoms. The van der Waals surface area contributed by atoms with Gasteiger partial charge in [0.2, 0.25) is 0 Å². The van der Waals surface area contributed by atoms with Gasteiger partial charge in [-0.3, -0.25) is 0 Å². The Labute approximate surface area is 97.3 Å². The summed E-state index contributed by atoms with van der Waals surface area (Å²) >= 11 is 0. The van der Waals surface area contributed by atoms with Gasteiger partial charge in [-0.1, -0.05) is 20.8 Å². The van der Waals surface area contributed by atoms with Gasteiger partial charge >= 0.3 is 0 Å². The van der Waals surface area contributed by atoms with Crippen molar-refractivity contribution in [2.24, 2.45) is 0 Å². The van der Waals surface area contributed by atoms with Crippen LogP contribution in [-0.4, -0.2) is 16.1 Å². The first-order valence-electron chi connectivity index (χ1n) is 6.38. The molecule has 16 heavy (non-hydrogen) atoms. The van der Waals surface area contributed by atoms with Crippen LogP contribution in [0.4, 0.5) is 0 Å². The van der Waals surface area contributed by atoms with Crippen molar-refractivity contribution >= 4 is 0 Å². The molecule has 0 amide bonds. The molecule has 2 aliphatic rings. The number of nitrogens with one attached hydrogen (secondary N) is 1. The number of hydrogen-bond donors (Lipinski definition) is 1. The molecule has 1 aliphatic carbocycles. The normalized spacial score (nSPS) is 20.9. The monoisotopic (exact) mass is 219 g/mol. The Morgan fingerprint density at radius 1 is 1.31 bits per heavy atom. The van der Waals surface area contributed by atoms with Gasteiger partial charge in [0.05, 0.1) is 5.69 Å². The third kappa shape index (κ3) is 1.58. The first-order valence-corrected chi connectivity index (χ1v) is 6.38. The fourth-order valence-electron chi connectivity index (χ4n) is 2.59. The van der Waals surface area contributed by atoms with E-state index in [-0.39, 0.29) is 5.41 Å². The van der Waals surface area contributed by atoms with E-state index < -0.39 is 0 Å². The maximum Gasteiger partial charge on any atom is 0.114 e. The van der Waals surface area contributed by atoms with Gasteiger partial charge in [0.25, 0.3) is 0 Å². The fraction of sp³-hybridized carbons (Fsp3) is 0.769. The van der Waals surface area contributed by atoms with Crippen molar-refractivity contribution < 1.29 is 0 Å². The maximum absolute atomic E-state index is 4.88. The minimum absolute atomic E-state index is 0.167. The van der Waals surface area contributed by atoms with Gasteiger partial charge < -0.3 is 9.88 Å². The highest BCUT2D eigenvalue weighted by Crippen LogP contribution is 2.41. The summed E-state index contributed by atoms with van der Waals surface area (Å²) in [6.07, 6.45) is 3.84. The van der Waals surface area contributed by atoms with Crippen LogP contribution < -0.4 is 5.32 Å². The summed E-state index contributed by atoms with van der Waals surface area (Å²) in [7, 11) is 0. The summed E-state index contributed by atoms with van der Waals surface area (Å²) in [5.74, 6) is 1.30. The molecule has 0 aromatic carbocycles. The molecule has 2 heterocycles. The molecule has 0 radical (unpaired) electrons. The van der Waals surface area contributed by atoms with Gasteiger partial charge in [0.15, 0.2) is 0 Å². The van der Waals surface area contributed by atoms with Gasteiger partial charge in [0, 0.05) is 36.7 Å². The van der Waals surface area contributed by atoms with E-state index in [1.807, 2.05) is 0 Å². The average molecular weight is 219 g/mol. The van der Waals surface area contributed by atoms with Gasteiger partial charge in [-0.15, -0.1) is 0 Å². The molecule has 1 aromatic heterocycles. The van der Waals surface area contributed by atoms with Crippen LogP contribution in [0.1, 0.15) is 56.9 Å². The first kappa shape index (κ1) is 10.3. The molecular formula is C13H21N3. The van der Waals surface area contributed by atoms with Crippen molar-refractivity contribution in [1.82, 2.24) is 14.9 Å². The van der Waals surface area contributed by atoms with Crippen LogP contribution in [0.3, 0.4) is 0 Å². The Hall–Kier alpha value is -0.830. The van der Waals surface area contributed by atoms with Crippen LogP contribution in [-0.2, 0) is 18.4 Å². The Morgan fingerprint density at radius 2 is 2.06 bits per heavy atom. The number of imidazole rings is 1. The van der Waals surface area contributed by atoms with Crippen LogP contribution in [0.2, 0.25) is 0 Å². The van der Waals surface area contributed by atoms with Crippen LogP contribution >= 0.6 is 0 Å². The molecule has 3 nitrogen and oxygen atoms in total. The molecule has 1 N–H and O–H groups in total. The summed E-state index contributed by atoms with van der Waals surface area (Å²) in [5, 5.41) is 3.42. The topological polar surface area (TPSA) is 29.9 Å². The second kappa shape index (κ2) is 3.33.